The summed E-state index contributed by atoms with van der Waals surface area (Å²) >= 11 is 0. The third-order valence-electron chi connectivity index (χ3n) is 3.31. The highest BCUT2D eigenvalue weighted by Gasteiger charge is 2.25. The molecule has 0 amide bonds. The molecule has 0 aliphatic carbocycles. The maximum Gasteiger partial charge on any atom is 0.0847 e. The molecule has 19 heavy (non-hydrogen) atoms. The van der Waals surface area contributed by atoms with E-state index in [9.17, 15) is 0 Å². The van der Waals surface area contributed by atoms with Crippen LogP contribution in [0.4, 0.5) is 0 Å². The number of rotatable bonds is 5. The molecule has 0 aliphatic heterocycles. The second-order valence-electron chi connectivity index (χ2n) is 6.43. The van der Waals surface area contributed by atoms with Gasteiger partial charge in [0, 0.05) is 12.1 Å². The van der Waals surface area contributed by atoms with Crippen LogP contribution in [0.3, 0.4) is 0 Å². The molecule has 1 nitrogen and oxygen atoms in total. The number of nitrogens with zero attached hydrogens (tertiary/aromatic N) is 1. The topological polar surface area (TPSA) is 3.24 Å². The van der Waals surface area contributed by atoms with Crippen molar-refractivity contribution >= 4 is 8.80 Å². The fourth-order valence-corrected chi connectivity index (χ4v) is 4.16. The van der Waals surface area contributed by atoms with E-state index in [-0.39, 0.29) is 5.54 Å². The van der Waals surface area contributed by atoms with Crippen LogP contribution >= 0.6 is 0 Å². The first-order valence-electron chi connectivity index (χ1n) is 7.38. The Labute approximate surface area is 120 Å². The molecule has 1 aromatic rings. The van der Waals surface area contributed by atoms with Gasteiger partial charge in [-0.25, -0.2) is 0 Å². The number of hydrogen-bond donors (Lipinski definition) is 0. The van der Waals surface area contributed by atoms with Gasteiger partial charge in [0.05, 0.1) is 8.80 Å². The summed E-state index contributed by atoms with van der Waals surface area (Å²) in [4.78, 5) is 2.60. The third-order valence-corrected chi connectivity index (χ3v) is 5.04. The Morgan fingerprint density at radius 2 is 1.74 bits per heavy atom. The average molecular weight is 276 g/mol. The Morgan fingerprint density at radius 3 is 2.16 bits per heavy atom. The van der Waals surface area contributed by atoms with Crippen molar-refractivity contribution in [3.63, 3.8) is 0 Å². The van der Waals surface area contributed by atoms with Crippen molar-refractivity contribution < 1.29 is 0 Å². The van der Waals surface area contributed by atoms with Crippen LogP contribution in [0.2, 0.25) is 13.1 Å². The van der Waals surface area contributed by atoms with Gasteiger partial charge in [0.15, 0.2) is 0 Å². The van der Waals surface area contributed by atoms with Crippen LogP contribution in [-0.2, 0) is 6.54 Å². The van der Waals surface area contributed by atoms with E-state index in [0.29, 0.717) is 0 Å². The summed E-state index contributed by atoms with van der Waals surface area (Å²) in [6.45, 7) is 15.0. The maximum absolute atomic E-state index is 2.60. The summed E-state index contributed by atoms with van der Waals surface area (Å²) in [5.41, 5.74) is 1.57. The summed E-state index contributed by atoms with van der Waals surface area (Å²) in [5.74, 6) is 0. The van der Waals surface area contributed by atoms with Crippen molar-refractivity contribution in [2.45, 2.75) is 59.3 Å². The molecule has 1 aromatic carbocycles. The SMILES string of the molecule is CC/C=C(/N(Cc1ccccc1)C(C)(C)C)[SiH](C)C. The maximum atomic E-state index is 2.60. The van der Waals surface area contributed by atoms with E-state index >= 15 is 0 Å². The summed E-state index contributed by atoms with van der Waals surface area (Å²) in [7, 11) is -0.815. The highest BCUT2D eigenvalue weighted by molar-refractivity contribution is 6.63. The molecule has 1 rings (SSSR count). The van der Waals surface area contributed by atoms with Gasteiger partial charge >= 0.3 is 0 Å². The third kappa shape index (κ3) is 4.87. The number of hydrogen-bond acceptors (Lipinski definition) is 1. The Kier molecular flexibility index (Phi) is 5.86. The van der Waals surface area contributed by atoms with Crippen molar-refractivity contribution in [1.29, 1.82) is 0 Å². The average Bonchev–Trinajstić information content (AvgIpc) is 2.33. The molecule has 0 fully saturated rings. The first-order chi connectivity index (χ1) is 8.86. The zero-order valence-corrected chi connectivity index (χ0v) is 14.6. The van der Waals surface area contributed by atoms with Gasteiger partial charge in [-0.2, -0.15) is 0 Å². The van der Waals surface area contributed by atoms with Crippen LogP contribution in [0.5, 0.6) is 0 Å². The van der Waals surface area contributed by atoms with E-state index in [1.807, 2.05) is 0 Å². The van der Waals surface area contributed by atoms with Crippen LogP contribution in [0, 0.1) is 0 Å². The normalized spacial score (nSPS) is 12.9. The second kappa shape index (κ2) is 6.95. The van der Waals surface area contributed by atoms with Gasteiger partial charge in [-0.1, -0.05) is 56.4 Å². The molecule has 0 spiro atoms. The van der Waals surface area contributed by atoms with Gasteiger partial charge in [-0.3, -0.25) is 0 Å². The van der Waals surface area contributed by atoms with E-state index < -0.39 is 8.80 Å². The number of benzene rings is 1. The van der Waals surface area contributed by atoms with Gasteiger partial charge in [0.25, 0.3) is 0 Å². The minimum Gasteiger partial charge on any atom is -0.370 e. The van der Waals surface area contributed by atoms with E-state index in [4.69, 9.17) is 0 Å². The van der Waals surface area contributed by atoms with Crippen LogP contribution in [0.1, 0.15) is 39.7 Å². The van der Waals surface area contributed by atoms with Gasteiger partial charge in [0.1, 0.15) is 0 Å². The van der Waals surface area contributed by atoms with Gasteiger partial charge in [-0.15, -0.1) is 0 Å². The molecular formula is C17H29NSi. The zero-order valence-electron chi connectivity index (χ0n) is 13.4. The lowest BCUT2D eigenvalue weighted by atomic mass is 10.0. The molecule has 0 atom stereocenters. The minimum absolute atomic E-state index is 0.175. The molecule has 0 saturated carbocycles. The van der Waals surface area contributed by atoms with Gasteiger partial charge < -0.3 is 4.90 Å². The zero-order chi connectivity index (χ0) is 14.5. The lowest BCUT2D eigenvalue weighted by Crippen LogP contribution is -2.43. The molecule has 0 aromatic heterocycles. The van der Waals surface area contributed by atoms with Crippen LogP contribution in [-0.4, -0.2) is 19.2 Å². The Morgan fingerprint density at radius 1 is 1.16 bits per heavy atom. The van der Waals surface area contributed by atoms with E-state index in [1.165, 1.54) is 5.56 Å². The molecule has 0 saturated heterocycles. The molecule has 0 unspecified atom stereocenters. The van der Waals surface area contributed by atoms with Crippen LogP contribution in [0.25, 0.3) is 0 Å². The van der Waals surface area contributed by atoms with Gasteiger partial charge in [-0.05, 0) is 38.1 Å². The molecule has 2 heteroatoms. The highest BCUT2D eigenvalue weighted by atomic mass is 28.3. The summed E-state index contributed by atoms with van der Waals surface area (Å²) in [5, 5.41) is 1.60. The fraction of sp³-hybridized carbons (Fsp3) is 0.529. The Bertz CT molecular complexity index is 401. The molecule has 0 N–H and O–H groups in total. The first kappa shape index (κ1) is 16.0. The first-order valence-corrected chi connectivity index (χ1v) is 10.3. The Balaban J connectivity index is 3.05. The number of allylic oxidation sites excluding steroid dienone is 1. The van der Waals surface area contributed by atoms with Crippen molar-refractivity contribution in [1.82, 2.24) is 4.90 Å². The van der Waals surface area contributed by atoms with Crippen molar-refractivity contribution in [2.24, 2.45) is 0 Å². The van der Waals surface area contributed by atoms with Gasteiger partial charge in [0.2, 0.25) is 0 Å². The molecule has 0 bridgehead atoms. The second-order valence-corrected chi connectivity index (χ2v) is 9.34. The molecule has 0 radical (unpaired) electrons. The lowest BCUT2D eigenvalue weighted by Gasteiger charge is -2.41. The van der Waals surface area contributed by atoms with E-state index in [2.05, 4.69) is 82.1 Å². The molecule has 0 aliphatic rings. The summed E-state index contributed by atoms with van der Waals surface area (Å²) < 4.78 is 0. The van der Waals surface area contributed by atoms with Crippen molar-refractivity contribution in [3.05, 3.63) is 47.3 Å². The minimum atomic E-state index is -0.815. The predicted octanol–water partition coefficient (Wildman–Crippen LogP) is 4.61. The monoisotopic (exact) mass is 275 g/mol. The Hall–Kier alpha value is -1.02. The van der Waals surface area contributed by atoms with E-state index in [0.717, 1.165) is 13.0 Å². The fourth-order valence-electron chi connectivity index (χ4n) is 2.35. The smallest absolute Gasteiger partial charge is 0.0847 e. The van der Waals surface area contributed by atoms with Crippen LogP contribution < -0.4 is 0 Å². The summed E-state index contributed by atoms with van der Waals surface area (Å²) in [6, 6.07) is 10.8. The quantitative estimate of drug-likeness (QED) is 0.710. The van der Waals surface area contributed by atoms with Crippen molar-refractivity contribution in [3.8, 4) is 0 Å². The predicted molar refractivity (Wildman–Crippen MR) is 89.0 cm³/mol. The standard InChI is InChI=1S/C17H29NSi/c1-7-11-16(19(5)6)18(17(2,3)4)14-15-12-9-8-10-13-15/h8-13,19H,7,14H2,1-6H3/b16-11-. The van der Waals surface area contributed by atoms with Crippen LogP contribution in [0.15, 0.2) is 41.7 Å². The van der Waals surface area contributed by atoms with Crippen molar-refractivity contribution in [2.75, 3.05) is 0 Å². The van der Waals surface area contributed by atoms with E-state index in [1.54, 1.807) is 5.32 Å². The lowest BCUT2D eigenvalue weighted by molar-refractivity contribution is 0.188. The highest BCUT2D eigenvalue weighted by Crippen LogP contribution is 2.25. The molecule has 106 valence electrons. The molecule has 0 heterocycles. The molecular weight excluding hydrogens is 246 g/mol. The summed E-state index contributed by atoms with van der Waals surface area (Å²) in [6.07, 6.45) is 3.56. The largest absolute Gasteiger partial charge is 0.370 e.